The maximum atomic E-state index is 13.3. The van der Waals surface area contributed by atoms with Gasteiger partial charge in [0, 0.05) is 23.8 Å². The molecular formula is C17H17FN4OS. The largest absolute Gasteiger partial charge is 0.444 e. The molecule has 0 bridgehead atoms. The van der Waals surface area contributed by atoms with Gasteiger partial charge in [0.25, 0.3) is 0 Å². The molecule has 3 aromatic rings. The Morgan fingerprint density at radius 1 is 1.33 bits per heavy atom. The second kappa shape index (κ2) is 6.39. The first-order valence-corrected chi connectivity index (χ1v) is 8.99. The summed E-state index contributed by atoms with van der Waals surface area (Å²) in [5.74, 6) is 2.45. The van der Waals surface area contributed by atoms with Crippen LogP contribution in [0.1, 0.15) is 37.2 Å². The molecular weight excluding hydrogens is 327 g/mol. The second-order valence-corrected chi connectivity index (χ2v) is 6.74. The summed E-state index contributed by atoms with van der Waals surface area (Å²) >= 11 is 1.60. The van der Waals surface area contributed by atoms with E-state index in [-0.39, 0.29) is 5.82 Å². The van der Waals surface area contributed by atoms with Crippen LogP contribution in [-0.4, -0.2) is 19.7 Å². The van der Waals surface area contributed by atoms with Crippen LogP contribution >= 0.6 is 11.8 Å². The molecule has 0 N–H and O–H groups in total. The third-order valence-electron chi connectivity index (χ3n) is 3.98. The first kappa shape index (κ1) is 15.4. The Labute approximate surface area is 143 Å². The molecule has 1 aliphatic carbocycles. The minimum atomic E-state index is -0.301. The van der Waals surface area contributed by atoms with E-state index in [9.17, 15) is 4.39 Å². The molecule has 0 spiro atoms. The molecule has 4 rings (SSSR count). The lowest BCUT2D eigenvalue weighted by atomic mass is 10.2. The zero-order chi connectivity index (χ0) is 16.5. The molecule has 0 aliphatic heterocycles. The molecule has 0 amide bonds. The van der Waals surface area contributed by atoms with E-state index in [2.05, 4.69) is 26.7 Å². The fourth-order valence-electron chi connectivity index (χ4n) is 2.61. The number of nitrogens with zero attached hydrogens (tertiary/aromatic N) is 4. The number of aromatic nitrogens is 4. The van der Waals surface area contributed by atoms with Crippen molar-refractivity contribution in [3.8, 4) is 11.5 Å². The van der Waals surface area contributed by atoms with Crippen molar-refractivity contribution in [3.05, 3.63) is 47.9 Å². The normalized spacial score (nSPS) is 14.2. The van der Waals surface area contributed by atoms with Crippen molar-refractivity contribution in [2.75, 3.05) is 0 Å². The number of halogens is 1. The molecule has 124 valence electrons. The summed E-state index contributed by atoms with van der Waals surface area (Å²) < 4.78 is 20.9. The minimum Gasteiger partial charge on any atom is -0.444 e. The average molecular weight is 344 g/mol. The van der Waals surface area contributed by atoms with Crippen molar-refractivity contribution in [3.63, 3.8) is 0 Å². The highest BCUT2D eigenvalue weighted by molar-refractivity contribution is 7.98. The van der Waals surface area contributed by atoms with Gasteiger partial charge in [-0.3, -0.25) is 0 Å². The number of hydrogen-bond donors (Lipinski definition) is 0. The summed E-state index contributed by atoms with van der Waals surface area (Å²) in [4.78, 5) is 4.43. The summed E-state index contributed by atoms with van der Waals surface area (Å²) in [5, 5.41) is 9.55. The zero-order valence-corrected chi connectivity index (χ0v) is 14.1. The Hall–Kier alpha value is -2.15. The Morgan fingerprint density at radius 3 is 2.96 bits per heavy atom. The number of oxazole rings is 1. The highest BCUT2D eigenvalue weighted by Gasteiger charge is 2.30. The average Bonchev–Trinajstić information content (AvgIpc) is 3.18. The fraction of sp³-hybridized carbons (Fsp3) is 0.353. The Balaban J connectivity index is 1.47. The van der Waals surface area contributed by atoms with Crippen LogP contribution in [0.25, 0.3) is 11.5 Å². The minimum absolute atomic E-state index is 0.301. The molecule has 0 unspecified atom stereocenters. The Morgan fingerprint density at radius 2 is 2.21 bits per heavy atom. The molecule has 0 saturated heterocycles. The lowest BCUT2D eigenvalue weighted by molar-refractivity contribution is 0.571. The van der Waals surface area contributed by atoms with Gasteiger partial charge in [-0.1, -0.05) is 17.8 Å². The van der Waals surface area contributed by atoms with Gasteiger partial charge in [-0.05, 0) is 38.0 Å². The summed E-state index contributed by atoms with van der Waals surface area (Å²) in [5.41, 5.74) is 1.44. The molecule has 0 radical (unpaired) electrons. The van der Waals surface area contributed by atoms with Gasteiger partial charge in [-0.15, -0.1) is 10.2 Å². The highest BCUT2D eigenvalue weighted by Crippen LogP contribution is 2.40. The molecule has 2 aromatic heterocycles. The van der Waals surface area contributed by atoms with E-state index in [1.54, 1.807) is 30.2 Å². The van der Waals surface area contributed by atoms with Crippen molar-refractivity contribution in [1.29, 1.82) is 0 Å². The summed E-state index contributed by atoms with van der Waals surface area (Å²) in [6.45, 7) is 2.98. The lowest BCUT2D eigenvalue weighted by Gasteiger charge is -2.05. The standard InChI is InChI=1S/C17H17FN4OS/c1-2-22-15(11-6-7-11)20-21-17(22)24-10-14-9-23-16(19-14)12-4-3-5-13(18)8-12/h3-5,8-9,11H,2,6-7,10H2,1H3. The monoisotopic (exact) mass is 344 g/mol. The molecule has 5 nitrogen and oxygen atoms in total. The molecule has 7 heteroatoms. The fourth-order valence-corrected chi connectivity index (χ4v) is 3.50. The van der Waals surface area contributed by atoms with Gasteiger partial charge in [0.2, 0.25) is 5.89 Å². The second-order valence-electron chi connectivity index (χ2n) is 5.80. The zero-order valence-electron chi connectivity index (χ0n) is 13.3. The summed E-state index contributed by atoms with van der Waals surface area (Å²) in [6.07, 6.45) is 4.04. The number of rotatable bonds is 6. The quantitative estimate of drug-likeness (QED) is 0.625. The topological polar surface area (TPSA) is 56.7 Å². The molecule has 1 saturated carbocycles. The van der Waals surface area contributed by atoms with Gasteiger partial charge in [-0.2, -0.15) is 0 Å². The smallest absolute Gasteiger partial charge is 0.226 e. The maximum absolute atomic E-state index is 13.3. The van der Waals surface area contributed by atoms with Crippen LogP contribution in [0.2, 0.25) is 0 Å². The molecule has 1 aromatic carbocycles. The van der Waals surface area contributed by atoms with Gasteiger partial charge < -0.3 is 8.98 Å². The lowest BCUT2D eigenvalue weighted by Crippen LogP contribution is -2.02. The van der Waals surface area contributed by atoms with Crippen LogP contribution in [0.4, 0.5) is 4.39 Å². The predicted molar refractivity (Wildman–Crippen MR) is 89.1 cm³/mol. The van der Waals surface area contributed by atoms with E-state index in [0.717, 1.165) is 23.2 Å². The van der Waals surface area contributed by atoms with E-state index in [4.69, 9.17) is 4.42 Å². The first-order chi connectivity index (χ1) is 11.7. The SMILES string of the molecule is CCn1c(SCc2coc(-c3cccc(F)c3)n2)nnc1C1CC1. The van der Waals surface area contributed by atoms with Crippen molar-refractivity contribution < 1.29 is 8.81 Å². The van der Waals surface area contributed by atoms with Gasteiger partial charge >= 0.3 is 0 Å². The molecule has 1 fully saturated rings. The van der Waals surface area contributed by atoms with Gasteiger partial charge in [0.05, 0.1) is 5.69 Å². The van der Waals surface area contributed by atoms with E-state index in [1.807, 2.05) is 0 Å². The van der Waals surface area contributed by atoms with Crippen LogP contribution < -0.4 is 0 Å². The third-order valence-corrected chi connectivity index (χ3v) is 4.98. The summed E-state index contributed by atoms with van der Waals surface area (Å²) in [7, 11) is 0. The number of thioether (sulfide) groups is 1. The van der Waals surface area contributed by atoms with Crippen LogP contribution in [0.3, 0.4) is 0 Å². The van der Waals surface area contributed by atoms with Crippen molar-refractivity contribution >= 4 is 11.8 Å². The van der Waals surface area contributed by atoms with E-state index in [0.29, 0.717) is 23.1 Å². The number of hydrogen-bond acceptors (Lipinski definition) is 5. The van der Waals surface area contributed by atoms with Gasteiger partial charge in [-0.25, -0.2) is 9.37 Å². The van der Waals surface area contributed by atoms with E-state index >= 15 is 0 Å². The highest BCUT2D eigenvalue weighted by atomic mass is 32.2. The van der Waals surface area contributed by atoms with Crippen molar-refractivity contribution in [2.45, 2.75) is 43.1 Å². The maximum Gasteiger partial charge on any atom is 0.226 e. The Bertz CT molecular complexity index is 856. The summed E-state index contributed by atoms with van der Waals surface area (Å²) in [6, 6.07) is 6.24. The van der Waals surface area contributed by atoms with Crippen LogP contribution in [-0.2, 0) is 12.3 Å². The molecule has 24 heavy (non-hydrogen) atoms. The Kier molecular flexibility index (Phi) is 4.10. The number of benzene rings is 1. The predicted octanol–water partition coefficient (Wildman–Crippen LogP) is 4.26. The molecule has 2 heterocycles. The third kappa shape index (κ3) is 3.08. The molecule has 0 atom stereocenters. The van der Waals surface area contributed by atoms with Gasteiger partial charge in [0.15, 0.2) is 5.16 Å². The van der Waals surface area contributed by atoms with Crippen molar-refractivity contribution in [1.82, 2.24) is 19.7 Å². The van der Waals surface area contributed by atoms with E-state index < -0.39 is 0 Å². The molecule has 1 aliphatic rings. The van der Waals surface area contributed by atoms with Crippen LogP contribution in [0.15, 0.2) is 40.1 Å². The van der Waals surface area contributed by atoms with Crippen LogP contribution in [0, 0.1) is 5.82 Å². The van der Waals surface area contributed by atoms with Crippen LogP contribution in [0.5, 0.6) is 0 Å². The first-order valence-electron chi connectivity index (χ1n) is 8.01. The van der Waals surface area contributed by atoms with E-state index in [1.165, 1.54) is 25.0 Å². The van der Waals surface area contributed by atoms with Crippen molar-refractivity contribution in [2.24, 2.45) is 0 Å². The van der Waals surface area contributed by atoms with Gasteiger partial charge in [0.1, 0.15) is 17.9 Å².